The molecule has 0 aliphatic carbocycles. The number of benzene rings is 1. The van der Waals surface area contributed by atoms with Crippen molar-refractivity contribution in [2.75, 3.05) is 18.4 Å². The van der Waals surface area contributed by atoms with Gasteiger partial charge in [0.15, 0.2) is 0 Å². The molecule has 1 fully saturated rings. The highest BCUT2D eigenvalue weighted by Gasteiger charge is 2.31. The Morgan fingerprint density at radius 2 is 2.22 bits per heavy atom. The lowest BCUT2D eigenvalue weighted by Crippen LogP contribution is -2.34. The van der Waals surface area contributed by atoms with Crippen LogP contribution in [0.5, 0.6) is 5.75 Å². The van der Waals surface area contributed by atoms with Crippen LogP contribution in [-0.4, -0.2) is 41.7 Å². The standard InChI is InChI=1S/C14H13F2N3O4/c15-13(16)23-11-2-1-8(6-17)5-10(11)18-14(22)19-4-3-9(7-19)12(20)21/h1-2,5,9,13H,3-4,7H2,(H,18,22)(H,20,21). The summed E-state index contributed by atoms with van der Waals surface area (Å²) in [5, 5.41) is 20.1. The first-order valence-corrected chi connectivity index (χ1v) is 6.68. The molecule has 0 bridgehead atoms. The van der Waals surface area contributed by atoms with Crippen molar-refractivity contribution in [3.8, 4) is 11.8 Å². The van der Waals surface area contributed by atoms with E-state index in [4.69, 9.17) is 10.4 Å². The van der Waals surface area contributed by atoms with Gasteiger partial charge < -0.3 is 20.1 Å². The fourth-order valence-corrected chi connectivity index (χ4v) is 2.24. The molecule has 1 unspecified atom stereocenters. The van der Waals surface area contributed by atoms with Gasteiger partial charge in [-0.1, -0.05) is 0 Å². The fraction of sp³-hybridized carbons (Fsp3) is 0.357. The molecule has 2 rings (SSSR count). The number of carbonyl (C=O) groups is 2. The number of amides is 2. The molecule has 0 radical (unpaired) electrons. The van der Waals surface area contributed by atoms with Crippen LogP contribution in [-0.2, 0) is 4.79 Å². The van der Waals surface area contributed by atoms with Crippen molar-refractivity contribution >= 4 is 17.7 Å². The zero-order valence-electron chi connectivity index (χ0n) is 11.8. The molecule has 9 heteroatoms. The number of urea groups is 1. The van der Waals surface area contributed by atoms with Gasteiger partial charge in [-0.25, -0.2) is 4.79 Å². The Hall–Kier alpha value is -2.89. The lowest BCUT2D eigenvalue weighted by molar-refractivity contribution is -0.141. The van der Waals surface area contributed by atoms with E-state index in [1.54, 1.807) is 0 Å². The van der Waals surface area contributed by atoms with E-state index in [2.05, 4.69) is 10.1 Å². The Morgan fingerprint density at radius 3 is 2.78 bits per heavy atom. The van der Waals surface area contributed by atoms with E-state index in [9.17, 15) is 18.4 Å². The van der Waals surface area contributed by atoms with Crippen LogP contribution in [0.2, 0.25) is 0 Å². The van der Waals surface area contributed by atoms with Crippen LogP contribution in [0.15, 0.2) is 18.2 Å². The lowest BCUT2D eigenvalue weighted by Gasteiger charge is -2.18. The van der Waals surface area contributed by atoms with Gasteiger partial charge >= 0.3 is 18.6 Å². The number of ether oxygens (including phenoxy) is 1. The maximum absolute atomic E-state index is 12.4. The lowest BCUT2D eigenvalue weighted by atomic mass is 10.1. The molecular formula is C14H13F2N3O4. The van der Waals surface area contributed by atoms with Gasteiger partial charge in [-0.2, -0.15) is 14.0 Å². The molecule has 122 valence electrons. The first kappa shape index (κ1) is 16.5. The number of hydrogen-bond donors (Lipinski definition) is 2. The summed E-state index contributed by atoms with van der Waals surface area (Å²) in [6.07, 6.45) is 0.321. The number of aliphatic carboxylic acids is 1. The number of nitriles is 1. The Labute approximate surface area is 130 Å². The highest BCUT2D eigenvalue weighted by molar-refractivity contribution is 5.92. The van der Waals surface area contributed by atoms with Crippen molar-refractivity contribution in [2.24, 2.45) is 5.92 Å². The molecule has 1 aromatic carbocycles. The number of anilines is 1. The topological polar surface area (TPSA) is 103 Å². The van der Waals surface area contributed by atoms with Crippen molar-refractivity contribution in [3.05, 3.63) is 23.8 Å². The number of carboxylic acids is 1. The molecule has 1 aromatic rings. The molecule has 2 amide bonds. The van der Waals surface area contributed by atoms with E-state index in [0.29, 0.717) is 6.42 Å². The van der Waals surface area contributed by atoms with Crippen LogP contribution in [0, 0.1) is 17.2 Å². The van der Waals surface area contributed by atoms with Gasteiger partial charge in [-0.05, 0) is 24.6 Å². The number of alkyl halides is 2. The number of likely N-dealkylation sites (tertiary alicyclic amines) is 1. The maximum Gasteiger partial charge on any atom is 0.387 e. The zero-order chi connectivity index (χ0) is 17.0. The van der Waals surface area contributed by atoms with E-state index in [-0.39, 0.29) is 30.1 Å². The Morgan fingerprint density at radius 1 is 1.48 bits per heavy atom. The minimum absolute atomic E-state index is 0.0319. The molecule has 0 saturated carbocycles. The van der Waals surface area contributed by atoms with Gasteiger partial charge in [-0.15, -0.1) is 0 Å². The highest BCUT2D eigenvalue weighted by Crippen LogP contribution is 2.28. The number of rotatable bonds is 4. The van der Waals surface area contributed by atoms with E-state index in [0.717, 1.165) is 6.07 Å². The molecule has 1 saturated heterocycles. The minimum Gasteiger partial charge on any atom is -0.481 e. The predicted molar refractivity (Wildman–Crippen MR) is 74.1 cm³/mol. The van der Waals surface area contributed by atoms with Crippen molar-refractivity contribution in [1.82, 2.24) is 4.90 Å². The molecule has 7 nitrogen and oxygen atoms in total. The van der Waals surface area contributed by atoms with Crippen LogP contribution in [0.1, 0.15) is 12.0 Å². The number of halogens is 2. The molecule has 1 aliphatic rings. The summed E-state index contributed by atoms with van der Waals surface area (Å²) in [5.41, 5.74) is 0.0832. The number of hydrogen-bond acceptors (Lipinski definition) is 4. The van der Waals surface area contributed by atoms with Gasteiger partial charge in [0.25, 0.3) is 0 Å². The minimum atomic E-state index is -3.08. The number of nitrogens with one attached hydrogen (secondary N) is 1. The predicted octanol–water partition coefficient (Wildman–Crippen LogP) is 2.10. The third-order valence-electron chi connectivity index (χ3n) is 3.39. The summed E-state index contributed by atoms with van der Waals surface area (Å²) in [6, 6.07) is 4.84. The Balaban J connectivity index is 2.13. The SMILES string of the molecule is N#Cc1ccc(OC(F)F)c(NC(=O)N2CCC(C(=O)O)C2)c1. The van der Waals surface area contributed by atoms with Crippen LogP contribution in [0.4, 0.5) is 19.3 Å². The van der Waals surface area contributed by atoms with E-state index in [1.807, 2.05) is 6.07 Å². The molecule has 2 N–H and O–H groups in total. The normalized spacial score (nSPS) is 17.0. The third kappa shape index (κ3) is 4.06. The molecule has 1 aliphatic heterocycles. The molecule has 23 heavy (non-hydrogen) atoms. The van der Waals surface area contributed by atoms with E-state index in [1.165, 1.54) is 17.0 Å². The van der Waals surface area contributed by atoms with Gasteiger partial charge in [0.1, 0.15) is 5.75 Å². The average Bonchev–Trinajstić information content (AvgIpc) is 2.98. The summed E-state index contributed by atoms with van der Waals surface area (Å²) in [6.45, 7) is -2.81. The van der Waals surface area contributed by atoms with Gasteiger partial charge in [0.2, 0.25) is 0 Å². The van der Waals surface area contributed by atoms with E-state index >= 15 is 0 Å². The second kappa shape index (κ2) is 6.91. The van der Waals surface area contributed by atoms with Crippen LogP contribution < -0.4 is 10.1 Å². The maximum atomic E-state index is 12.4. The molecule has 0 spiro atoms. The summed E-state index contributed by atoms with van der Waals surface area (Å²) in [7, 11) is 0. The monoisotopic (exact) mass is 325 g/mol. The van der Waals surface area contributed by atoms with Crippen molar-refractivity contribution < 1.29 is 28.2 Å². The van der Waals surface area contributed by atoms with Crippen molar-refractivity contribution in [3.63, 3.8) is 0 Å². The quantitative estimate of drug-likeness (QED) is 0.882. The number of nitrogens with zero attached hydrogens (tertiary/aromatic N) is 2. The summed E-state index contributed by atoms with van der Waals surface area (Å²) in [5.74, 6) is -1.92. The van der Waals surface area contributed by atoms with Crippen LogP contribution >= 0.6 is 0 Å². The molecule has 1 atom stereocenters. The molecule has 0 aromatic heterocycles. The number of carbonyl (C=O) groups excluding carboxylic acids is 1. The zero-order valence-corrected chi connectivity index (χ0v) is 11.8. The van der Waals surface area contributed by atoms with Crippen LogP contribution in [0.3, 0.4) is 0 Å². The van der Waals surface area contributed by atoms with Crippen molar-refractivity contribution in [1.29, 1.82) is 5.26 Å². The van der Waals surface area contributed by atoms with Crippen molar-refractivity contribution in [2.45, 2.75) is 13.0 Å². The van der Waals surface area contributed by atoms with Gasteiger partial charge in [-0.3, -0.25) is 4.79 Å². The largest absolute Gasteiger partial charge is 0.481 e. The first-order chi connectivity index (χ1) is 10.9. The highest BCUT2D eigenvalue weighted by atomic mass is 19.3. The van der Waals surface area contributed by atoms with Gasteiger partial charge in [0, 0.05) is 13.1 Å². The average molecular weight is 325 g/mol. The first-order valence-electron chi connectivity index (χ1n) is 6.68. The number of carboxylic acid groups (broad SMARTS) is 1. The fourth-order valence-electron chi connectivity index (χ4n) is 2.24. The second-order valence-corrected chi connectivity index (χ2v) is 4.90. The van der Waals surface area contributed by atoms with E-state index < -0.39 is 24.5 Å². The summed E-state index contributed by atoms with van der Waals surface area (Å²) < 4.78 is 29.1. The second-order valence-electron chi connectivity index (χ2n) is 4.90. The summed E-state index contributed by atoms with van der Waals surface area (Å²) >= 11 is 0. The Kier molecular flexibility index (Phi) is 4.95. The molecule has 1 heterocycles. The smallest absolute Gasteiger partial charge is 0.387 e. The Bertz CT molecular complexity index is 660. The van der Waals surface area contributed by atoms with Crippen LogP contribution in [0.25, 0.3) is 0 Å². The third-order valence-corrected chi connectivity index (χ3v) is 3.39. The molecular weight excluding hydrogens is 312 g/mol. The summed E-state index contributed by atoms with van der Waals surface area (Å²) in [4.78, 5) is 24.3. The van der Waals surface area contributed by atoms with Gasteiger partial charge in [0.05, 0.1) is 23.2 Å².